The third-order valence-electron chi connectivity index (χ3n) is 17.6. The van der Waals surface area contributed by atoms with Crippen LogP contribution in [0, 0.1) is 0 Å². The van der Waals surface area contributed by atoms with Crippen LogP contribution >= 0.6 is 0 Å². The Kier molecular flexibility index (Phi) is 42.4. The second-order valence-electron chi connectivity index (χ2n) is 22.8. The first-order valence-corrected chi connectivity index (χ1v) is 39.6. The van der Waals surface area contributed by atoms with Crippen molar-refractivity contribution in [1.29, 1.82) is 0 Å². The predicted octanol–water partition coefficient (Wildman–Crippen LogP) is 29.0. The van der Waals surface area contributed by atoms with Crippen LogP contribution in [-0.4, -0.2) is 36.4 Å². The second kappa shape index (κ2) is 48.6. The van der Waals surface area contributed by atoms with Crippen molar-refractivity contribution in [3.63, 3.8) is 0 Å². The molecule has 0 saturated carbocycles. The summed E-state index contributed by atoms with van der Waals surface area (Å²) in [5.41, 5.74) is 21.5. The zero-order valence-electron chi connectivity index (χ0n) is 69.3. The van der Waals surface area contributed by atoms with E-state index in [9.17, 15) is 0 Å². The van der Waals surface area contributed by atoms with Crippen molar-refractivity contribution in [3.05, 3.63) is 282 Å². The lowest BCUT2D eigenvalue weighted by Gasteiger charge is -2.29. The fraction of sp³-hybridized carbons (Fsp3) is 0.347. The Morgan fingerprint density at radius 1 is 0.365 bits per heavy atom. The monoisotopic (exact) mass is 1400 g/mol. The number of aryl methyl sites for hydroxylation is 2. The number of nitrogens with one attached hydrogen (secondary N) is 1. The maximum absolute atomic E-state index is 6.44. The van der Waals surface area contributed by atoms with Gasteiger partial charge in [-0.15, -0.1) is 0 Å². The van der Waals surface area contributed by atoms with Gasteiger partial charge in [0.15, 0.2) is 0 Å². The van der Waals surface area contributed by atoms with Gasteiger partial charge in [-0.05, 0) is 174 Å². The highest BCUT2D eigenvalue weighted by atomic mass is 16.5. The Labute approximate surface area is 632 Å². The van der Waals surface area contributed by atoms with Crippen LogP contribution in [0.4, 0.5) is 5.69 Å². The number of hydrogen-bond acceptors (Lipinski definition) is 4. The fourth-order valence-corrected chi connectivity index (χ4v) is 13.2. The number of hydrogen-bond donors (Lipinski definition) is 1. The van der Waals surface area contributed by atoms with Gasteiger partial charge in [-0.3, -0.25) is 0 Å². The third kappa shape index (κ3) is 21.2. The van der Waals surface area contributed by atoms with Gasteiger partial charge in [0.05, 0.1) is 10.8 Å². The fourth-order valence-electron chi connectivity index (χ4n) is 13.2. The zero-order chi connectivity index (χ0) is 78.0. The molecule has 2 heterocycles. The topological polar surface area (TPSA) is 43.6 Å². The van der Waals surface area contributed by atoms with E-state index in [0.717, 1.165) is 48.8 Å². The minimum atomic E-state index is -0.263. The van der Waals surface area contributed by atoms with Crippen LogP contribution in [0.1, 0.15) is 211 Å². The minimum absolute atomic E-state index is 0.135. The number of nitrogens with zero attached hydrogens (tertiary/aromatic N) is 3. The van der Waals surface area contributed by atoms with Crippen LogP contribution in [-0.2, 0) is 37.0 Å². The smallest absolute Gasteiger partial charge is 0.119 e. The molecule has 6 heteroatoms. The van der Waals surface area contributed by atoms with E-state index in [1.165, 1.54) is 105 Å². The van der Waals surface area contributed by atoms with Gasteiger partial charge in [0.1, 0.15) is 24.7 Å². The molecule has 1 atom stereocenters. The van der Waals surface area contributed by atoms with Crippen molar-refractivity contribution in [2.24, 2.45) is 0 Å². The molecule has 0 bridgehead atoms. The van der Waals surface area contributed by atoms with Gasteiger partial charge in [0, 0.05) is 82.5 Å². The lowest BCUT2D eigenvalue weighted by Crippen LogP contribution is -2.29. The van der Waals surface area contributed by atoms with Gasteiger partial charge < -0.3 is 28.8 Å². The Balaban J connectivity index is 0.000000505. The van der Waals surface area contributed by atoms with Crippen molar-refractivity contribution >= 4 is 61.5 Å². The summed E-state index contributed by atoms with van der Waals surface area (Å²) in [6.45, 7) is 61.6. The quantitative estimate of drug-likeness (QED) is 0.111. The molecule has 1 N–H and O–H groups in total. The van der Waals surface area contributed by atoms with E-state index in [4.69, 9.17) is 9.47 Å². The molecule has 2 aromatic heterocycles. The highest BCUT2D eigenvalue weighted by Crippen LogP contribution is 2.51. The molecule has 10 aromatic carbocycles. The highest BCUT2D eigenvalue weighted by molar-refractivity contribution is 6.09. The molecule has 12 aromatic rings. The summed E-state index contributed by atoms with van der Waals surface area (Å²) in [5.74, 6) is 1.77. The second-order valence-corrected chi connectivity index (χ2v) is 22.8. The standard InChI is InChI=1S/C39H36N2O.C23H20O.C16H18N2.10C2H6/c1-5-27-15-19-30(20-16-27)42-26-39(3)35-13-9-7-11-31(35)32-21-18-29(24-36(32)39)40(4)25-28-17-22-38-34(23-28)33-12-8-10-14-37(33)41(38)6-2;1-3-17-12-14-18(15-13-17)24-16-23(2)21-10-6-4-8-19(21)20-9-5-7-11-22(20)23;1-3-18-15-7-5-4-6-13(15)14-10-12(11-17-2)8-9-16(14)18;10*1-2/h5,7-24H,1,6,25-26H2,2-4H3;3-15H,1,16H2,2H3;4-10,17H,3,11H2,1-2H3;10*1-2H3. The number of anilines is 1. The molecule has 0 saturated heterocycles. The highest BCUT2D eigenvalue weighted by Gasteiger charge is 2.41. The van der Waals surface area contributed by atoms with Crippen LogP contribution in [0.25, 0.3) is 78.0 Å². The first kappa shape index (κ1) is 90.7. The number of para-hydroxylation sites is 2. The Morgan fingerprint density at radius 3 is 1.07 bits per heavy atom. The van der Waals surface area contributed by atoms with Gasteiger partial charge >= 0.3 is 0 Å². The molecule has 104 heavy (non-hydrogen) atoms. The summed E-state index contributed by atoms with van der Waals surface area (Å²) >= 11 is 0. The van der Waals surface area contributed by atoms with Crippen LogP contribution in [0.15, 0.2) is 238 Å². The molecule has 14 rings (SSSR count). The average Bonchev–Trinajstić information content (AvgIpc) is 1.62. The average molecular weight is 1400 g/mol. The molecule has 0 amide bonds. The molecule has 0 radical (unpaired) electrons. The number of rotatable bonds is 15. The first-order valence-electron chi connectivity index (χ1n) is 39.6. The molecule has 6 nitrogen and oxygen atoms in total. The summed E-state index contributed by atoms with van der Waals surface area (Å²) in [6.07, 6.45) is 3.70. The molecular formula is C98H134N4O2. The number of benzene rings is 10. The summed E-state index contributed by atoms with van der Waals surface area (Å²) in [4.78, 5) is 2.36. The maximum atomic E-state index is 6.44. The van der Waals surface area contributed by atoms with Crippen LogP contribution in [0.5, 0.6) is 11.5 Å². The molecule has 1 unspecified atom stereocenters. The van der Waals surface area contributed by atoms with Crippen molar-refractivity contribution in [3.8, 4) is 33.8 Å². The number of fused-ring (bicyclic) bond motifs is 12. The van der Waals surface area contributed by atoms with E-state index in [1.807, 2.05) is 206 Å². The van der Waals surface area contributed by atoms with E-state index in [1.54, 1.807) is 0 Å². The van der Waals surface area contributed by atoms with E-state index >= 15 is 0 Å². The van der Waals surface area contributed by atoms with E-state index in [-0.39, 0.29) is 10.8 Å². The van der Waals surface area contributed by atoms with Gasteiger partial charge in [0.25, 0.3) is 0 Å². The largest absolute Gasteiger partial charge is 0.492 e. The van der Waals surface area contributed by atoms with Crippen molar-refractivity contribution in [1.82, 2.24) is 14.5 Å². The molecule has 2 aliphatic rings. The van der Waals surface area contributed by atoms with E-state index < -0.39 is 0 Å². The maximum Gasteiger partial charge on any atom is 0.119 e. The molecule has 2 aliphatic carbocycles. The summed E-state index contributed by atoms with van der Waals surface area (Å²) in [5, 5.41) is 8.58. The first-order chi connectivity index (χ1) is 51.1. The Hall–Kier alpha value is -9.36. The number of aromatic nitrogens is 2. The van der Waals surface area contributed by atoms with Gasteiger partial charge in [0.2, 0.25) is 0 Å². The molecule has 0 fully saturated rings. The van der Waals surface area contributed by atoms with Crippen LogP contribution in [0.3, 0.4) is 0 Å². The molecule has 558 valence electrons. The lowest BCUT2D eigenvalue weighted by atomic mass is 9.81. The number of ether oxygens (including phenoxy) is 2. The lowest BCUT2D eigenvalue weighted by molar-refractivity contribution is 0.256. The molecule has 0 aliphatic heterocycles. The summed E-state index contributed by atoms with van der Waals surface area (Å²) in [7, 11) is 4.18. The molecule has 0 spiro atoms. The van der Waals surface area contributed by atoms with Crippen molar-refractivity contribution in [2.75, 3.05) is 32.2 Å². The van der Waals surface area contributed by atoms with Crippen LogP contribution in [0.2, 0.25) is 0 Å². The van der Waals surface area contributed by atoms with Crippen molar-refractivity contribution in [2.45, 2.75) is 203 Å². The summed E-state index contributed by atoms with van der Waals surface area (Å²) < 4.78 is 17.4. The third-order valence-corrected chi connectivity index (χ3v) is 17.6. The SMILES string of the molecule is C=Cc1ccc(OCC2(C)c3ccccc3-c3ccc(N(C)Cc4ccc5c(c4)c4ccccc4n5CC)cc32)cc1.C=Cc1ccc(OCC2(C)c3ccccc3-c3ccccc32)cc1.CC.CC.CC.CC.CC.CC.CC.CC.CC.CC.CCn1c2ccccc2c2cc(CNC)ccc21. The van der Waals surface area contributed by atoms with Gasteiger partial charge in [-0.1, -0.05) is 315 Å². The van der Waals surface area contributed by atoms with E-state index in [2.05, 4.69) is 243 Å². The predicted molar refractivity (Wildman–Crippen MR) is 469 cm³/mol. The zero-order valence-corrected chi connectivity index (χ0v) is 69.3. The normalized spacial score (nSPS) is 12.0. The van der Waals surface area contributed by atoms with Crippen molar-refractivity contribution < 1.29 is 9.47 Å². The Morgan fingerprint density at radius 2 is 0.692 bits per heavy atom. The summed E-state index contributed by atoms with van der Waals surface area (Å²) in [6, 6.07) is 80.3. The van der Waals surface area contributed by atoms with Gasteiger partial charge in [-0.25, -0.2) is 0 Å². The van der Waals surface area contributed by atoms with E-state index in [0.29, 0.717) is 13.2 Å². The van der Waals surface area contributed by atoms with Gasteiger partial charge in [-0.2, -0.15) is 0 Å². The van der Waals surface area contributed by atoms with Crippen LogP contribution < -0.4 is 19.7 Å². The Bertz CT molecular complexity index is 4330. The minimum Gasteiger partial charge on any atom is -0.492 e. The molecular weight excluding hydrogens is 1270 g/mol.